The molecule has 1 aromatic heterocycles. The van der Waals surface area contributed by atoms with Crippen molar-refractivity contribution < 1.29 is 9.53 Å². The number of hydrogen-bond acceptors (Lipinski definition) is 4. The molecule has 0 aromatic carbocycles. The molecule has 6 nitrogen and oxygen atoms in total. The van der Waals surface area contributed by atoms with Gasteiger partial charge in [-0.1, -0.05) is 13.8 Å². The second kappa shape index (κ2) is 5.21. The Morgan fingerprint density at radius 1 is 1.42 bits per heavy atom. The van der Waals surface area contributed by atoms with E-state index in [0.29, 0.717) is 24.5 Å². The first-order valence-electron chi connectivity index (χ1n) is 6.68. The average Bonchev–Trinajstić information content (AvgIpc) is 2.69. The second-order valence-electron chi connectivity index (χ2n) is 5.52. The molecule has 2 rings (SSSR count). The summed E-state index contributed by atoms with van der Waals surface area (Å²) in [5.74, 6) is 0.0965. The molecule has 2 atom stereocenters. The minimum absolute atomic E-state index is 0.0393. The highest BCUT2D eigenvalue weighted by Crippen LogP contribution is 2.24. The van der Waals surface area contributed by atoms with E-state index >= 15 is 0 Å². The molecule has 0 bridgehead atoms. The fourth-order valence-electron chi connectivity index (χ4n) is 2.46. The molecule has 0 spiro atoms. The first-order chi connectivity index (χ1) is 8.90. The fourth-order valence-corrected chi connectivity index (χ4v) is 2.46. The van der Waals surface area contributed by atoms with Gasteiger partial charge in [-0.2, -0.15) is 5.10 Å². The third kappa shape index (κ3) is 2.73. The van der Waals surface area contributed by atoms with Crippen molar-refractivity contribution in [3.8, 4) is 0 Å². The van der Waals surface area contributed by atoms with Crippen LogP contribution in [-0.2, 0) is 4.74 Å². The van der Waals surface area contributed by atoms with Crippen molar-refractivity contribution in [2.24, 2.45) is 0 Å². The number of ether oxygens (including phenoxy) is 1. The third-order valence-corrected chi connectivity index (χ3v) is 3.32. The molecule has 0 saturated carbocycles. The molecule has 19 heavy (non-hydrogen) atoms. The van der Waals surface area contributed by atoms with Gasteiger partial charge in [-0.05, 0) is 19.8 Å². The maximum absolute atomic E-state index is 12.5. The van der Waals surface area contributed by atoms with Crippen molar-refractivity contribution in [1.29, 1.82) is 0 Å². The topological polar surface area (TPSA) is 84.2 Å². The SMILES string of the molecule is CC1CN(C(=O)c2n[nH]c(C(C)C)c2N)CC(C)O1. The summed E-state index contributed by atoms with van der Waals surface area (Å²) in [7, 11) is 0. The molecule has 6 heteroatoms. The van der Waals surface area contributed by atoms with Crippen LogP contribution in [0, 0.1) is 0 Å². The quantitative estimate of drug-likeness (QED) is 0.846. The smallest absolute Gasteiger partial charge is 0.276 e. The van der Waals surface area contributed by atoms with Crippen LogP contribution in [0.4, 0.5) is 5.69 Å². The van der Waals surface area contributed by atoms with E-state index in [9.17, 15) is 4.79 Å². The molecule has 1 saturated heterocycles. The Morgan fingerprint density at radius 2 is 2.00 bits per heavy atom. The Morgan fingerprint density at radius 3 is 2.47 bits per heavy atom. The number of aromatic nitrogens is 2. The van der Waals surface area contributed by atoms with Gasteiger partial charge in [0.15, 0.2) is 5.69 Å². The van der Waals surface area contributed by atoms with Gasteiger partial charge in [-0.15, -0.1) is 0 Å². The molecule has 1 aromatic rings. The van der Waals surface area contributed by atoms with Gasteiger partial charge in [-0.25, -0.2) is 0 Å². The first-order valence-corrected chi connectivity index (χ1v) is 6.68. The number of morpholine rings is 1. The van der Waals surface area contributed by atoms with Gasteiger partial charge < -0.3 is 15.4 Å². The highest BCUT2D eigenvalue weighted by molar-refractivity contribution is 5.97. The lowest BCUT2D eigenvalue weighted by atomic mass is 10.1. The number of aromatic amines is 1. The zero-order valence-electron chi connectivity index (χ0n) is 11.9. The van der Waals surface area contributed by atoms with Crippen molar-refractivity contribution >= 4 is 11.6 Å². The molecule has 1 aliphatic heterocycles. The van der Waals surface area contributed by atoms with Crippen molar-refractivity contribution in [3.05, 3.63) is 11.4 Å². The Labute approximate surface area is 113 Å². The molecule has 2 unspecified atom stereocenters. The molecule has 0 aliphatic carbocycles. The average molecular weight is 266 g/mol. The van der Waals surface area contributed by atoms with E-state index in [1.54, 1.807) is 4.90 Å². The van der Waals surface area contributed by atoms with Gasteiger partial charge in [0.2, 0.25) is 0 Å². The van der Waals surface area contributed by atoms with E-state index in [1.807, 2.05) is 27.7 Å². The van der Waals surface area contributed by atoms with Gasteiger partial charge in [0.25, 0.3) is 5.91 Å². The number of nitrogen functional groups attached to an aromatic ring is 1. The van der Waals surface area contributed by atoms with Crippen LogP contribution >= 0.6 is 0 Å². The van der Waals surface area contributed by atoms with Gasteiger partial charge in [-0.3, -0.25) is 9.89 Å². The number of nitrogens with one attached hydrogen (secondary N) is 1. The summed E-state index contributed by atoms with van der Waals surface area (Å²) < 4.78 is 5.62. The fraction of sp³-hybridized carbons (Fsp3) is 0.692. The number of carbonyl (C=O) groups is 1. The molecule has 106 valence electrons. The lowest BCUT2D eigenvalue weighted by Crippen LogP contribution is -2.48. The lowest BCUT2D eigenvalue weighted by molar-refractivity contribution is -0.0587. The summed E-state index contributed by atoms with van der Waals surface area (Å²) in [6, 6.07) is 0. The Kier molecular flexibility index (Phi) is 3.80. The zero-order valence-corrected chi connectivity index (χ0v) is 11.9. The van der Waals surface area contributed by atoms with E-state index in [0.717, 1.165) is 5.69 Å². The number of rotatable bonds is 2. The highest BCUT2D eigenvalue weighted by atomic mass is 16.5. The third-order valence-electron chi connectivity index (χ3n) is 3.32. The van der Waals surface area contributed by atoms with E-state index in [4.69, 9.17) is 10.5 Å². The molecular formula is C13H22N4O2. The summed E-state index contributed by atoms with van der Waals surface area (Å²) in [5, 5.41) is 6.94. The van der Waals surface area contributed by atoms with Crippen molar-refractivity contribution in [2.45, 2.75) is 45.8 Å². The second-order valence-corrected chi connectivity index (χ2v) is 5.52. The summed E-state index contributed by atoms with van der Waals surface area (Å²) in [6.07, 6.45) is 0.0786. The standard InChI is InChI=1S/C13H22N4O2/c1-7(2)11-10(14)12(16-15-11)13(18)17-5-8(3)19-9(4)6-17/h7-9H,5-6,14H2,1-4H3,(H,15,16). The van der Waals surface area contributed by atoms with Crippen LogP contribution in [0.3, 0.4) is 0 Å². The predicted molar refractivity (Wildman–Crippen MR) is 73.0 cm³/mol. The molecule has 1 aliphatic rings. The number of hydrogen-bond donors (Lipinski definition) is 2. The van der Waals surface area contributed by atoms with Crippen molar-refractivity contribution in [1.82, 2.24) is 15.1 Å². The maximum atomic E-state index is 12.5. The molecule has 3 N–H and O–H groups in total. The largest absolute Gasteiger partial charge is 0.395 e. The van der Waals surface area contributed by atoms with Crippen LogP contribution < -0.4 is 5.73 Å². The Hall–Kier alpha value is -1.56. The van der Waals surface area contributed by atoms with Crippen LogP contribution in [0.1, 0.15) is 49.8 Å². The van der Waals surface area contributed by atoms with Crippen molar-refractivity contribution in [2.75, 3.05) is 18.8 Å². The summed E-state index contributed by atoms with van der Waals surface area (Å²) in [4.78, 5) is 14.2. The van der Waals surface area contributed by atoms with Gasteiger partial charge in [0, 0.05) is 13.1 Å². The van der Waals surface area contributed by atoms with Crippen LogP contribution in [0.2, 0.25) is 0 Å². The maximum Gasteiger partial charge on any atom is 0.276 e. The van der Waals surface area contributed by atoms with E-state index in [2.05, 4.69) is 10.2 Å². The zero-order chi connectivity index (χ0) is 14.2. The number of carbonyl (C=O) groups excluding carboxylic acids is 1. The molecular weight excluding hydrogens is 244 g/mol. The minimum atomic E-state index is -0.123. The first kappa shape index (κ1) is 13.9. The predicted octanol–water partition coefficient (Wildman–Crippen LogP) is 1.36. The minimum Gasteiger partial charge on any atom is -0.395 e. The number of H-pyrrole nitrogens is 1. The summed E-state index contributed by atoms with van der Waals surface area (Å²) >= 11 is 0. The number of nitrogens with two attached hydrogens (primary N) is 1. The van der Waals surface area contributed by atoms with Crippen LogP contribution in [-0.4, -0.2) is 46.3 Å². The van der Waals surface area contributed by atoms with Gasteiger partial charge >= 0.3 is 0 Å². The summed E-state index contributed by atoms with van der Waals surface area (Å²) in [5.41, 5.74) is 7.61. The number of anilines is 1. The highest BCUT2D eigenvalue weighted by Gasteiger charge is 2.29. The summed E-state index contributed by atoms with van der Waals surface area (Å²) in [6.45, 7) is 9.10. The number of amides is 1. The van der Waals surface area contributed by atoms with Crippen LogP contribution in [0.15, 0.2) is 0 Å². The van der Waals surface area contributed by atoms with E-state index in [1.165, 1.54) is 0 Å². The van der Waals surface area contributed by atoms with Gasteiger partial charge in [0.1, 0.15) is 0 Å². The Balaban J connectivity index is 2.20. The van der Waals surface area contributed by atoms with Crippen LogP contribution in [0.5, 0.6) is 0 Å². The van der Waals surface area contributed by atoms with E-state index in [-0.39, 0.29) is 24.0 Å². The lowest BCUT2D eigenvalue weighted by Gasteiger charge is -2.35. The van der Waals surface area contributed by atoms with E-state index < -0.39 is 0 Å². The number of nitrogens with zero attached hydrogens (tertiary/aromatic N) is 2. The molecule has 2 heterocycles. The Bertz CT molecular complexity index is 459. The van der Waals surface area contributed by atoms with Crippen LogP contribution in [0.25, 0.3) is 0 Å². The molecule has 1 amide bonds. The normalized spacial score (nSPS) is 23.9. The monoisotopic (exact) mass is 266 g/mol. The molecule has 1 fully saturated rings. The molecule has 0 radical (unpaired) electrons. The van der Waals surface area contributed by atoms with Crippen molar-refractivity contribution in [3.63, 3.8) is 0 Å². The van der Waals surface area contributed by atoms with Gasteiger partial charge in [0.05, 0.1) is 23.6 Å².